The molecule has 168 valence electrons. The molecule has 2 aliphatic rings. The van der Waals surface area contributed by atoms with Crippen molar-refractivity contribution in [2.75, 3.05) is 18.0 Å². The number of carbonyl (C=O) groups is 1. The SMILES string of the molecule is CC.Cc1cnc(N2CCC(N(C(=O)c3ccc(-c4cnco4)cc3)C3CC3)CC2)cn1. The lowest BCUT2D eigenvalue weighted by Gasteiger charge is -2.39. The van der Waals surface area contributed by atoms with Gasteiger partial charge in [-0.05, 0) is 44.7 Å². The number of carbonyl (C=O) groups excluding carboxylic acids is 1. The average molecular weight is 434 g/mol. The van der Waals surface area contributed by atoms with E-state index in [4.69, 9.17) is 4.42 Å². The molecule has 0 spiro atoms. The zero-order valence-corrected chi connectivity index (χ0v) is 19.1. The Hall–Kier alpha value is -3.22. The normalized spacial score (nSPS) is 16.3. The number of oxazole rings is 1. The number of nitrogens with zero attached hydrogens (tertiary/aromatic N) is 5. The Labute approximate surface area is 189 Å². The van der Waals surface area contributed by atoms with Gasteiger partial charge in [-0.1, -0.05) is 26.0 Å². The van der Waals surface area contributed by atoms with Gasteiger partial charge in [0, 0.05) is 36.3 Å². The first kappa shape index (κ1) is 22.0. The van der Waals surface area contributed by atoms with Crippen molar-refractivity contribution in [2.24, 2.45) is 0 Å². The Morgan fingerprint density at radius 1 is 0.969 bits per heavy atom. The Morgan fingerprint density at radius 3 is 2.22 bits per heavy atom. The van der Waals surface area contributed by atoms with Crippen LogP contribution in [-0.2, 0) is 0 Å². The number of anilines is 1. The Bertz CT molecular complexity index is 990. The summed E-state index contributed by atoms with van der Waals surface area (Å²) in [7, 11) is 0. The summed E-state index contributed by atoms with van der Waals surface area (Å²) in [6.45, 7) is 7.73. The van der Waals surface area contributed by atoms with Crippen LogP contribution in [0.25, 0.3) is 11.3 Å². The van der Waals surface area contributed by atoms with E-state index in [1.165, 1.54) is 6.39 Å². The fraction of sp³-hybridized carbons (Fsp3) is 0.440. The van der Waals surface area contributed by atoms with Gasteiger partial charge < -0.3 is 14.2 Å². The lowest BCUT2D eigenvalue weighted by atomic mass is 10.0. The molecule has 0 N–H and O–H groups in total. The van der Waals surface area contributed by atoms with Crippen LogP contribution < -0.4 is 4.90 Å². The van der Waals surface area contributed by atoms with Gasteiger partial charge in [0.2, 0.25) is 0 Å². The molecule has 1 amide bonds. The summed E-state index contributed by atoms with van der Waals surface area (Å²) in [5.74, 6) is 1.76. The van der Waals surface area contributed by atoms with E-state index in [0.29, 0.717) is 11.8 Å². The second kappa shape index (κ2) is 9.94. The first-order valence-corrected chi connectivity index (χ1v) is 11.5. The molecule has 0 bridgehead atoms. The molecule has 2 aromatic heterocycles. The van der Waals surface area contributed by atoms with Crippen LogP contribution in [0.4, 0.5) is 5.82 Å². The van der Waals surface area contributed by atoms with Crippen LogP contribution in [0.3, 0.4) is 0 Å². The van der Waals surface area contributed by atoms with Crippen molar-refractivity contribution in [1.29, 1.82) is 0 Å². The first-order chi connectivity index (χ1) is 15.7. The van der Waals surface area contributed by atoms with Gasteiger partial charge >= 0.3 is 0 Å². The van der Waals surface area contributed by atoms with Gasteiger partial charge in [0.15, 0.2) is 12.2 Å². The van der Waals surface area contributed by atoms with Gasteiger partial charge in [0.1, 0.15) is 5.82 Å². The summed E-state index contributed by atoms with van der Waals surface area (Å²) in [6, 6.07) is 8.30. The van der Waals surface area contributed by atoms with Crippen LogP contribution >= 0.6 is 0 Å². The van der Waals surface area contributed by atoms with E-state index in [1.807, 2.05) is 57.4 Å². The van der Waals surface area contributed by atoms with E-state index in [2.05, 4.69) is 24.8 Å². The van der Waals surface area contributed by atoms with Gasteiger partial charge in [-0.3, -0.25) is 9.78 Å². The second-order valence-corrected chi connectivity index (χ2v) is 8.12. The zero-order chi connectivity index (χ0) is 22.5. The lowest BCUT2D eigenvalue weighted by Crippen LogP contribution is -2.48. The van der Waals surface area contributed by atoms with Gasteiger partial charge in [-0.15, -0.1) is 0 Å². The number of hydrogen-bond donors (Lipinski definition) is 0. The summed E-state index contributed by atoms with van der Waals surface area (Å²) in [4.78, 5) is 30.6. The molecule has 7 heteroatoms. The summed E-state index contributed by atoms with van der Waals surface area (Å²) < 4.78 is 5.34. The summed E-state index contributed by atoms with van der Waals surface area (Å²) in [6.07, 6.45) is 10.9. The van der Waals surface area contributed by atoms with Gasteiger partial charge in [0.25, 0.3) is 5.91 Å². The van der Waals surface area contributed by atoms with Crippen molar-refractivity contribution < 1.29 is 9.21 Å². The Morgan fingerprint density at radius 2 is 1.66 bits per heavy atom. The van der Waals surface area contributed by atoms with Crippen molar-refractivity contribution in [1.82, 2.24) is 19.9 Å². The van der Waals surface area contributed by atoms with Crippen LogP contribution in [0, 0.1) is 6.92 Å². The molecule has 3 heterocycles. The average Bonchev–Trinajstić information content (AvgIpc) is 3.52. The molecular formula is C25H31N5O2. The molecule has 1 aliphatic carbocycles. The fourth-order valence-corrected chi connectivity index (χ4v) is 4.19. The maximum atomic E-state index is 13.4. The van der Waals surface area contributed by atoms with Crippen LogP contribution in [0.1, 0.15) is 55.6 Å². The van der Waals surface area contributed by atoms with Crippen LogP contribution in [0.2, 0.25) is 0 Å². The van der Waals surface area contributed by atoms with E-state index in [1.54, 1.807) is 6.20 Å². The highest BCUT2D eigenvalue weighted by Crippen LogP contribution is 2.34. The van der Waals surface area contributed by atoms with E-state index in [0.717, 1.165) is 61.4 Å². The molecule has 0 unspecified atom stereocenters. The largest absolute Gasteiger partial charge is 0.444 e. The minimum Gasteiger partial charge on any atom is -0.444 e. The highest BCUT2D eigenvalue weighted by molar-refractivity contribution is 5.95. The van der Waals surface area contributed by atoms with Crippen molar-refractivity contribution in [3.63, 3.8) is 0 Å². The number of piperidine rings is 1. The second-order valence-electron chi connectivity index (χ2n) is 8.12. The molecule has 1 aromatic carbocycles. The minimum atomic E-state index is 0.134. The first-order valence-electron chi connectivity index (χ1n) is 11.5. The fourth-order valence-electron chi connectivity index (χ4n) is 4.19. The maximum Gasteiger partial charge on any atom is 0.254 e. The minimum absolute atomic E-state index is 0.134. The molecule has 0 atom stereocenters. The van der Waals surface area contributed by atoms with E-state index < -0.39 is 0 Å². The highest BCUT2D eigenvalue weighted by Gasteiger charge is 2.39. The van der Waals surface area contributed by atoms with Crippen molar-refractivity contribution in [2.45, 2.75) is 58.5 Å². The summed E-state index contributed by atoms with van der Waals surface area (Å²) >= 11 is 0. The van der Waals surface area contributed by atoms with Gasteiger partial charge in [-0.25, -0.2) is 9.97 Å². The topological polar surface area (TPSA) is 75.4 Å². The summed E-state index contributed by atoms with van der Waals surface area (Å²) in [5, 5.41) is 0. The zero-order valence-electron chi connectivity index (χ0n) is 19.1. The Kier molecular flexibility index (Phi) is 6.83. The molecular weight excluding hydrogens is 402 g/mol. The van der Waals surface area contributed by atoms with Crippen molar-refractivity contribution in [3.05, 3.63) is 60.5 Å². The third kappa shape index (κ3) is 4.82. The quantitative estimate of drug-likeness (QED) is 0.579. The summed E-state index contributed by atoms with van der Waals surface area (Å²) in [5.41, 5.74) is 2.58. The number of hydrogen-bond acceptors (Lipinski definition) is 6. The predicted molar refractivity (Wildman–Crippen MR) is 124 cm³/mol. The molecule has 1 aliphatic heterocycles. The number of amides is 1. The number of aryl methyl sites for hydroxylation is 1. The third-order valence-electron chi connectivity index (χ3n) is 5.97. The molecule has 0 radical (unpaired) electrons. The van der Waals surface area contributed by atoms with Crippen molar-refractivity contribution >= 4 is 11.7 Å². The van der Waals surface area contributed by atoms with E-state index in [9.17, 15) is 4.79 Å². The highest BCUT2D eigenvalue weighted by atomic mass is 16.3. The molecule has 5 rings (SSSR count). The molecule has 2 fully saturated rings. The predicted octanol–water partition coefficient (Wildman–Crippen LogP) is 4.74. The van der Waals surface area contributed by atoms with Gasteiger partial charge in [-0.2, -0.15) is 0 Å². The third-order valence-corrected chi connectivity index (χ3v) is 5.97. The molecule has 1 saturated heterocycles. The number of rotatable bonds is 5. The molecule has 3 aromatic rings. The lowest BCUT2D eigenvalue weighted by molar-refractivity contribution is 0.0630. The number of benzene rings is 1. The maximum absolute atomic E-state index is 13.4. The monoisotopic (exact) mass is 433 g/mol. The Balaban J connectivity index is 0.00000119. The smallest absolute Gasteiger partial charge is 0.254 e. The van der Waals surface area contributed by atoms with E-state index >= 15 is 0 Å². The molecule has 7 nitrogen and oxygen atoms in total. The standard InChI is InChI=1S/C23H25N5O2.C2H6/c1-16-12-26-22(14-25-16)27-10-8-20(9-11-27)28(19-6-7-19)23(29)18-4-2-17(3-5-18)21-13-24-15-30-21;1-2/h2-5,12-15,19-20H,6-11H2,1H3;1-2H3. The molecule has 32 heavy (non-hydrogen) atoms. The van der Waals surface area contributed by atoms with Crippen LogP contribution in [-0.4, -0.2) is 50.9 Å². The van der Waals surface area contributed by atoms with Crippen LogP contribution in [0.5, 0.6) is 0 Å². The van der Waals surface area contributed by atoms with Crippen LogP contribution in [0.15, 0.2) is 53.7 Å². The van der Waals surface area contributed by atoms with E-state index in [-0.39, 0.29) is 11.9 Å². The number of aromatic nitrogens is 3. The van der Waals surface area contributed by atoms with Crippen molar-refractivity contribution in [3.8, 4) is 11.3 Å². The molecule has 1 saturated carbocycles. The van der Waals surface area contributed by atoms with Gasteiger partial charge in [0.05, 0.1) is 24.3 Å².